The molecule has 0 spiro atoms. The molecule has 0 aliphatic heterocycles. The van der Waals surface area contributed by atoms with Crippen molar-refractivity contribution in [3.63, 3.8) is 0 Å². The van der Waals surface area contributed by atoms with Gasteiger partial charge in [0.15, 0.2) is 5.11 Å². The minimum absolute atomic E-state index is 0.569. The zero-order valence-electron chi connectivity index (χ0n) is 11.2. The highest BCUT2D eigenvalue weighted by Gasteiger charge is 2.02. The highest BCUT2D eigenvalue weighted by Crippen LogP contribution is 2.19. The van der Waals surface area contributed by atoms with Gasteiger partial charge in [0, 0.05) is 14.9 Å². The topological polar surface area (TPSA) is 33.3 Å². The van der Waals surface area contributed by atoms with E-state index in [-0.39, 0.29) is 0 Å². The van der Waals surface area contributed by atoms with Gasteiger partial charge in [0.1, 0.15) is 5.75 Å². The van der Waals surface area contributed by atoms with Crippen molar-refractivity contribution in [1.82, 2.24) is 0 Å². The summed E-state index contributed by atoms with van der Waals surface area (Å²) in [5.74, 6) is 0.822. The van der Waals surface area contributed by atoms with Gasteiger partial charge in [-0.1, -0.05) is 0 Å². The maximum absolute atomic E-state index is 5.32. The molecule has 2 rings (SSSR count). The number of methoxy groups -OCH3 is 1. The summed E-state index contributed by atoms with van der Waals surface area (Å²) in [6, 6.07) is 13.8. The molecule has 0 heterocycles. The van der Waals surface area contributed by atoms with E-state index in [1.807, 2.05) is 36.4 Å². The van der Waals surface area contributed by atoms with Crippen LogP contribution in [0.2, 0.25) is 0 Å². The molecular weight excluding hydrogens is 383 g/mol. The van der Waals surface area contributed by atoms with Crippen LogP contribution in [-0.2, 0) is 0 Å². The van der Waals surface area contributed by atoms with Crippen molar-refractivity contribution in [1.29, 1.82) is 0 Å². The number of ether oxygens (including phenoxy) is 1. The fraction of sp³-hybridized carbons (Fsp3) is 0.133. The molecule has 2 N–H and O–H groups in total. The lowest BCUT2D eigenvalue weighted by Crippen LogP contribution is -2.19. The predicted octanol–water partition coefficient (Wildman–Crippen LogP) is 4.42. The van der Waals surface area contributed by atoms with Gasteiger partial charge in [-0.2, -0.15) is 0 Å². The Morgan fingerprint density at radius 1 is 1.10 bits per heavy atom. The fourth-order valence-corrected chi connectivity index (χ4v) is 2.60. The zero-order valence-corrected chi connectivity index (χ0v) is 14.2. The number of nitrogens with one attached hydrogen (secondary N) is 2. The largest absolute Gasteiger partial charge is 0.497 e. The molecule has 0 atom stereocenters. The average Bonchev–Trinajstić information content (AvgIpc) is 2.43. The highest BCUT2D eigenvalue weighted by atomic mass is 127. The summed E-state index contributed by atoms with van der Waals surface area (Å²) < 4.78 is 6.33. The van der Waals surface area contributed by atoms with Gasteiger partial charge in [0.05, 0.1) is 7.11 Å². The molecule has 104 valence electrons. The summed E-state index contributed by atoms with van der Waals surface area (Å²) in [5, 5.41) is 6.92. The van der Waals surface area contributed by atoms with Crippen molar-refractivity contribution < 1.29 is 4.74 Å². The van der Waals surface area contributed by atoms with Crippen molar-refractivity contribution in [2.75, 3.05) is 17.7 Å². The van der Waals surface area contributed by atoms with Crippen LogP contribution in [0.15, 0.2) is 42.5 Å². The summed E-state index contributed by atoms with van der Waals surface area (Å²) in [6.07, 6.45) is 0. The molecule has 0 saturated carbocycles. The van der Waals surface area contributed by atoms with E-state index >= 15 is 0 Å². The van der Waals surface area contributed by atoms with E-state index in [1.54, 1.807) is 7.11 Å². The van der Waals surface area contributed by atoms with Crippen LogP contribution in [0.1, 0.15) is 5.56 Å². The second kappa shape index (κ2) is 6.90. The van der Waals surface area contributed by atoms with Gasteiger partial charge in [-0.15, -0.1) is 0 Å². The number of benzene rings is 2. The molecule has 0 fully saturated rings. The standard InChI is InChI=1S/C15H15IN2OS/c1-10-9-11(16)3-8-14(10)18-15(20)17-12-4-6-13(19-2)7-5-12/h3-9H,1-2H3,(H2,17,18,20). The molecule has 0 radical (unpaired) electrons. The molecule has 0 aliphatic rings. The van der Waals surface area contributed by atoms with Gasteiger partial charge in [0.25, 0.3) is 0 Å². The first-order valence-electron chi connectivity index (χ1n) is 6.06. The molecule has 0 amide bonds. The number of rotatable bonds is 3. The first-order valence-corrected chi connectivity index (χ1v) is 7.55. The van der Waals surface area contributed by atoms with E-state index in [0.717, 1.165) is 22.7 Å². The Bertz CT molecular complexity index is 614. The second-order valence-electron chi connectivity index (χ2n) is 4.27. The molecule has 0 aromatic heterocycles. The summed E-state index contributed by atoms with van der Waals surface area (Å²) >= 11 is 7.61. The lowest BCUT2D eigenvalue weighted by molar-refractivity contribution is 0.415. The monoisotopic (exact) mass is 398 g/mol. The number of hydrogen-bond acceptors (Lipinski definition) is 2. The van der Waals surface area contributed by atoms with Gasteiger partial charge in [-0.25, -0.2) is 0 Å². The summed E-state index contributed by atoms with van der Waals surface area (Å²) in [4.78, 5) is 0. The molecular formula is C15H15IN2OS. The molecule has 2 aromatic rings. The van der Waals surface area contributed by atoms with Crippen LogP contribution in [0, 0.1) is 10.5 Å². The third kappa shape index (κ3) is 4.08. The predicted molar refractivity (Wildman–Crippen MR) is 96.7 cm³/mol. The number of thiocarbonyl (C=S) groups is 1. The van der Waals surface area contributed by atoms with Crippen molar-refractivity contribution >= 4 is 51.3 Å². The lowest BCUT2D eigenvalue weighted by Gasteiger charge is -2.13. The Hall–Kier alpha value is -1.34. The Labute approximate surface area is 137 Å². The second-order valence-corrected chi connectivity index (χ2v) is 5.92. The maximum atomic E-state index is 5.32. The van der Waals surface area contributed by atoms with Crippen LogP contribution in [0.3, 0.4) is 0 Å². The van der Waals surface area contributed by atoms with Gasteiger partial charge >= 0.3 is 0 Å². The molecule has 0 bridgehead atoms. The molecule has 2 aromatic carbocycles. The molecule has 0 saturated heterocycles. The average molecular weight is 398 g/mol. The van der Waals surface area contributed by atoms with Gasteiger partial charge in [-0.3, -0.25) is 0 Å². The van der Waals surface area contributed by atoms with Crippen LogP contribution in [0.5, 0.6) is 5.75 Å². The normalized spacial score (nSPS) is 9.95. The molecule has 0 unspecified atom stereocenters. The van der Waals surface area contributed by atoms with E-state index in [4.69, 9.17) is 17.0 Å². The van der Waals surface area contributed by atoms with E-state index in [1.165, 1.54) is 3.57 Å². The van der Waals surface area contributed by atoms with Gasteiger partial charge in [0.2, 0.25) is 0 Å². The first kappa shape index (κ1) is 15.1. The Kier molecular flexibility index (Phi) is 5.19. The number of hydrogen-bond donors (Lipinski definition) is 2. The summed E-state index contributed by atoms with van der Waals surface area (Å²) in [5.41, 5.74) is 3.10. The minimum Gasteiger partial charge on any atom is -0.497 e. The third-order valence-electron chi connectivity index (χ3n) is 2.78. The highest BCUT2D eigenvalue weighted by molar-refractivity contribution is 14.1. The number of aryl methyl sites for hydroxylation is 1. The maximum Gasteiger partial charge on any atom is 0.175 e. The van der Waals surface area contributed by atoms with Crippen LogP contribution in [0.4, 0.5) is 11.4 Å². The molecule has 0 aliphatic carbocycles. The van der Waals surface area contributed by atoms with E-state index in [0.29, 0.717) is 5.11 Å². The van der Waals surface area contributed by atoms with Crippen LogP contribution < -0.4 is 15.4 Å². The third-order valence-corrected chi connectivity index (χ3v) is 3.66. The summed E-state index contributed by atoms with van der Waals surface area (Å²) in [6.45, 7) is 2.06. The smallest absolute Gasteiger partial charge is 0.175 e. The Balaban J connectivity index is 2.01. The van der Waals surface area contributed by atoms with Crippen molar-refractivity contribution in [2.24, 2.45) is 0 Å². The van der Waals surface area contributed by atoms with Gasteiger partial charge < -0.3 is 15.4 Å². The minimum atomic E-state index is 0.569. The quantitative estimate of drug-likeness (QED) is 0.593. The fourth-order valence-electron chi connectivity index (χ4n) is 1.73. The van der Waals surface area contributed by atoms with E-state index < -0.39 is 0 Å². The molecule has 5 heteroatoms. The van der Waals surface area contributed by atoms with Crippen LogP contribution in [-0.4, -0.2) is 12.2 Å². The van der Waals surface area contributed by atoms with Crippen molar-refractivity contribution in [2.45, 2.75) is 6.92 Å². The van der Waals surface area contributed by atoms with Gasteiger partial charge in [-0.05, 0) is 89.8 Å². The summed E-state index contributed by atoms with van der Waals surface area (Å²) in [7, 11) is 1.65. The van der Waals surface area contributed by atoms with Crippen molar-refractivity contribution in [3.8, 4) is 5.75 Å². The van der Waals surface area contributed by atoms with Crippen LogP contribution in [0.25, 0.3) is 0 Å². The Morgan fingerprint density at radius 2 is 1.80 bits per heavy atom. The zero-order chi connectivity index (χ0) is 14.5. The number of anilines is 2. The van der Waals surface area contributed by atoms with Crippen molar-refractivity contribution in [3.05, 3.63) is 51.6 Å². The van der Waals surface area contributed by atoms with E-state index in [2.05, 4.69) is 46.2 Å². The number of halogens is 1. The molecule has 3 nitrogen and oxygen atoms in total. The first-order chi connectivity index (χ1) is 9.58. The van der Waals surface area contributed by atoms with E-state index in [9.17, 15) is 0 Å². The SMILES string of the molecule is COc1ccc(NC(=S)Nc2ccc(I)cc2C)cc1. The lowest BCUT2D eigenvalue weighted by atomic mass is 10.2. The van der Waals surface area contributed by atoms with Crippen LogP contribution >= 0.6 is 34.8 Å². The Morgan fingerprint density at radius 3 is 2.40 bits per heavy atom. The molecule has 20 heavy (non-hydrogen) atoms.